The number of nitrogens with zero attached hydrogens (tertiary/aromatic N) is 2. The van der Waals surface area contributed by atoms with Gasteiger partial charge in [0.1, 0.15) is 5.52 Å². The molecule has 2 nitrogen and oxygen atoms in total. The molecule has 0 spiro atoms. The molecular formula is C14H7BrCl2N2S. The van der Waals surface area contributed by atoms with Crippen molar-refractivity contribution in [3.05, 3.63) is 57.2 Å². The van der Waals surface area contributed by atoms with Gasteiger partial charge < -0.3 is 0 Å². The van der Waals surface area contributed by atoms with Crippen molar-refractivity contribution >= 4 is 61.9 Å². The Morgan fingerprint density at radius 1 is 1.00 bits per heavy atom. The summed E-state index contributed by atoms with van der Waals surface area (Å²) in [6.07, 6.45) is 3.52. The lowest BCUT2D eigenvalue weighted by molar-refractivity contribution is 1.26. The van der Waals surface area contributed by atoms with Crippen molar-refractivity contribution in [2.24, 2.45) is 0 Å². The SMILES string of the molecule is Clc1ccc(Cl)c(Sc2ccnc3cc(Br)cnc23)c1. The van der Waals surface area contributed by atoms with Crippen LogP contribution in [-0.2, 0) is 0 Å². The molecule has 0 saturated carbocycles. The average Bonchev–Trinajstić information content (AvgIpc) is 2.43. The van der Waals surface area contributed by atoms with Gasteiger partial charge in [0.25, 0.3) is 0 Å². The monoisotopic (exact) mass is 384 g/mol. The Hall–Kier alpha value is -0.810. The fourth-order valence-corrected chi connectivity index (χ4v) is 3.50. The van der Waals surface area contributed by atoms with Crippen LogP contribution in [0.2, 0.25) is 10.0 Å². The highest BCUT2D eigenvalue weighted by Crippen LogP contribution is 2.37. The van der Waals surface area contributed by atoms with Gasteiger partial charge in [0.05, 0.1) is 10.5 Å². The first-order valence-electron chi connectivity index (χ1n) is 5.66. The number of pyridine rings is 2. The molecule has 6 heteroatoms. The van der Waals surface area contributed by atoms with Crippen LogP contribution in [0, 0.1) is 0 Å². The maximum absolute atomic E-state index is 6.20. The molecule has 0 unspecified atom stereocenters. The molecule has 0 N–H and O–H groups in total. The predicted octanol–water partition coefficient (Wildman–Crippen LogP) is 5.85. The van der Waals surface area contributed by atoms with Crippen LogP contribution in [0.4, 0.5) is 0 Å². The lowest BCUT2D eigenvalue weighted by atomic mass is 10.3. The molecule has 0 atom stereocenters. The number of halogens is 3. The van der Waals surface area contributed by atoms with E-state index < -0.39 is 0 Å². The number of rotatable bonds is 2. The largest absolute Gasteiger partial charge is 0.254 e. The molecule has 0 aliphatic heterocycles. The van der Waals surface area contributed by atoms with Crippen molar-refractivity contribution in [2.45, 2.75) is 9.79 Å². The quantitative estimate of drug-likeness (QED) is 0.553. The van der Waals surface area contributed by atoms with Gasteiger partial charge in [-0.1, -0.05) is 35.0 Å². The van der Waals surface area contributed by atoms with E-state index in [-0.39, 0.29) is 0 Å². The summed E-state index contributed by atoms with van der Waals surface area (Å²) < 4.78 is 0.903. The van der Waals surface area contributed by atoms with Crippen LogP contribution in [0.1, 0.15) is 0 Å². The van der Waals surface area contributed by atoms with E-state index in [4.69, 9.17) is 23.2 Å². The van der Waals surface area contributed by atoms with E-state index in [9.17, 15) is 0 Å². The van der Waals surface area contributed by atoms with Crippen LogP contribution in [0.15, 0.2) is 57.0 Å². The van der Waals surface area contributed by atoms with Gasteiger partial charge in [0.2, 0.25) is 0 Å². The van der Waals surface area contributed by atoms with Crippen molar-refractivity contribution in [2.75, 3.05) is 0 Å². The Balaban J connectivity index is 2.09. The molecule has 20 heavy (non-hydrogen) atoms. The third kappa shape index (κ3) is 2.93. The lowest BCUT2D eigenvalue weighted by Gasteiger charge is -2.07. The molecule has 0 fully saturated rings. The molecule has 0 aliphatic carbocycles. The minimum absolute atomic E-state index is 0.658. The average molecular weight is 386 g/mol. The van der Waals surface area contributed by atoms with Gasteiger partial charge in [-0.2, -0.15) is 0 Å². The van der Waals surface area contributed by atoms with Gasteiger partial charge in [-0.15, -0.1) is 0 Å². The Morgan fingerprint density at radius 2 is 1.85 bits per heavy atom. The van der Waals surface area contributed by atoms with Crippen molar-refractivity contribution in [1.29, 1.82) is 0 Å². The minimum Gasteiger partial charge on any atom is -0.254 e. The number of aromatic nitrogens is 2. The van der Waals surface area contributed by atoms with E-state index >= 15 is 0 Å². The fourth-order valence-electron chi connectivity index (χ4n) is 1.74. The molecule has 0 aliphatic rings. The molecular weight excluding hydrogens is 379 g/mol. The minimum atomic E-state index is 0.658. The Morgan fingerprint density at radius 3 is 2.70 bits per heavy atom. The molecule has 2 aromatic heterocycles. The third-order valence-corrected chi connectivity index (χ3v) is 4.84. The smallest absolute Gasteiger partial charge is 0.103 e. The van der Waals surface area contributed by atoms with E-state index in [2.05, 4.69) is 25.9 Å². The van der Waals surface area contributed by atoms with Crippen LogP contribution < -0.4 is 0 Å². The Labute approximate surface area is 138 Å². The van der Waals surface area contributed by atoms with Gasteiger partial charge in [-0.3, -0.25) is 9.97 Å². The van der Waals surface area contributed by atoms with E-state index in [0.717, 1.165) is 25.3 Å². The van der Waals surface area contributed by atoms with Crippen LogP contribution >= 0.6 is 50.9 Å². The molecule has 0 bridgehead atoms. The van der Waals surface area contributed by atoms with Crippen LogP contribution in [0.25, 0.3) is 11.0 Å². The summed E-state index contributed by atoms with van der Waals surface area (Å²) in [6, 6.07) is 9.27. The first kappa shape index (κ1) is 14.1. The van der Waals surface area contributed by atoms with E-state index in [1.165, 1.54) is 11.8 Å². The molecule has 3 rings (SSSR count). The molecule has 1 aromatic carbocycles. The first-order chi connectivity index (χ1) is 9.63. The second-order valence-corrected chi connectivity index (χ2v) is 6.85. The summed E-state index contributed by atoms with van der Waals surface area (Å²) in [4.78, 5) is 10.6. The second-order valence-electron chi connectivity index (χ2n) is 4.01. The summed E-state index contributed by atoms with van der Waals surface area (Å²) in [5, 5.41) is 1.33. The zero-order valence-electron chi connectivity index (χ0n) is 9.98. The highest BCUT2D eigenvalue weighted by Gasteiger charge is 2.09. The highest BCUT2D eigenvalue weighted by molar-refractivity contribution is 9.10. The molecule has 0 saturated heterocycles. The van der Waals surface area contributed by atoms with Gasteiger partial charge in [0, 0.05) is 31.7 Å². The fraction of sp³-hybridized carbons (Fsp3) is 0. The number of benzene rings is 1. The topological polar surface area (TPSA) is 25.8 Å². The van der Waals surface area contributed by atoms with Crippen molar-refractivity contribution in [3.63, 3.8) is 0 Å². The summed E-state index contributed by atoms with van der Waals surface area (Å²) in [6.45, 7) is 0. The van der Waals surface area contributed by atoms with Gasteiger partial charge in [-0.25, -0.2) is 0 Å². The number of hydrogen-bond acceptors (Lipinski definition) is 3. The third-order valence-electron chi connectivity index (χ3n) is 2.62. The zero-order chi connectivity index (χ0) is 14.1. The summed E-state index contributed by atoms with van der Waals surface area (Å²) in [5.41, 5.74) is 1.68. The Kier molecular flexibility index (Phi) is 4.17. The van der Waals surface area contributed by atoms with Gasteiger partial charge in [0.15, 0.2) is 0 Å². The number of fused-ring (bicyclic) bond motifs is 1. The molecule has 0 radical (unpaired) electrons. The van der Waals surface area contributed by atoms with E-state index in [1.54, 1.807) is 24.5 Å². The van der Waals surface area contributed by atoms with Crippen molar-refractivity contribution in [1.82, 2.24) is 9.97 Å². The molecule has 100 valence electrons. The number of hydrogen-bond donors (Lipinski definition) is 0. The lowest BCUT2D eigenvalue weighted by Crippen LogP contribution is -1.86. The van der Waals surface area contributed by atoms with Crippen molar-refractivity contribution in [3.8, 4) is 0 Å². The Bertz CT molecular complexity index is 795. The maximum Gasteiger partial charge on any atom is 0.103 e. The van der Waals surface area contributed by atoms with Gasteiger partial charge >= 0.3 is 0 Å². The summed E-state index contributed by atoms with van der Waals surface area (Å²) in [5.74, 6) is 0. The highest BCUT2D eigenvalue weighted by atomic mass is 79.9. The molecule has 0 amide bonds. The van der Waals surface area contributed by atoms with E-state index in [0.29, 0.717) is 10.0 Å². The normalized spacial score (nSPS) is 10.9. The predicted molar refractivity (Wildman–Crippen MR) is 87.8 cm³/mol. The van der Waals surface area contributed by atoms with Gasteiger partial charge in [-0.05, 0) is 46.3 Å². The maximum atomic E-state index is 6.20. The zero-order valence-corrected chi connectivity index (χ0v) is 13.9. The van der Waals surface area contributed by atoms with E-state index in [1.807, 2.05) is 18.2 Å². The molecule has 2 heterocycles. The van der Waals surface area contributed by atoms with Crippen LogP contribution in [0.3, 0.4) is 0 Å². The second kappa shape index (κ2) is 5.90. The molecule has 3 aromatic rings. The standard InChI is InChI=1S/C14H7BrCl2N2S/c15-8-5-11-14(19-7-8)12(3-4-18-11)20-13-6-9(16)1-2-10(13)17/h1-7H. The van der Waals surface area contributed by atoms with Crippen LogP contribution in [0.5, 0.6) is 0 Å². The summed E-state index contributed by atoms with van der Waals surface area (Å²) in [7, 11) is 0. The summed E-state index contributed by atoms with van der Waals surface area (Å²) >= 11 is 17.1. The van der Waals surface area contributed by atoms with Crippen molar-refractivity contribution < 1.29 is 0 Å². The van der Waals surface area contributed by atoms with Crippen LogP contribution in [-0.4, -0.2) is 9.97 Å². The first-order valence-corrected chi connectivity index (χ1v) is 8.03.